The van der Waals surface area contributed by atoms with Crippen LogP contribution in [0, 0.1) is 0 Å². The van der Waals surface area contributed by atoms with E-state index in [0.717, 1.165) is 11.3 Å². The van der Waals surface area contributed by atoms with Crippen LogP contribution in [0.5, 0.6) is 0 Å². The highest BCUT2D eigenvalue weighted by Gasteiger charge is 2.19. The fourth-order valence-electron chi connectivity index (χ4n) is 3.05. The van der Waals surface area contributed by atoms with Crippen molar-refractivity contribution < 1.29 is 13.2 Å². The standard InChI is InChI=1S/C19H30N4O3S/c1-12(2)20-19(24)10-9-18-21-16-11-15(27(25,26)22-13(3)4)7-8-17(16)23(18)14(5)6/h7-8,11-14,22H,9-10H2,1-6H3,(H,20,24). The third kappa shape index (κ3) is 5.29. The first-order valence-corrected chi connectivity index (χ1v) is 10.8. The van der Waals surface area contributed by atoms with Gasteiger partial charge in [-0.2, -0.15) is 0 Å². The van der Waals surface area contributed by atoms with Crippen molar-refractivity contribution in [1.82, 2.24) is 19.6 Å². The lowest BCUT2D eigenvalue weighted by Gasteiger charge is -2.14. The number of hydrogen-bond acceptors (Lipinski definition) is 4. The Labute approximate surface area is 161 Å². The van der Waals surface area contributed by atoms with Crippen molar-refractivity contribution >= 4 is 27.0 Å². The largest absolute Gasteiger partial charge is 0.354 e. The molecule has 0 radical (unpaired) electrons. The first kappa shape index (κ1) is 21.4. The molecule has 8 heteroatoms. The van der Waals surface area contributed by atoms with Crippen LogP contribution >= 0.6 is 0 Å². The number of benzene rings is 1. The molecule has 0 atom stereocenters. The van der Waals surface area contributed by atoms with Gasteiger partial charge in [0.05, 0.1) is 15.9 Å². The summed E-state index contributed by atoms with van der Waals surface area (Å²) in [6.07, 6.45) is 0.839. The highest BCUT2D eigenvalue weighted by molar-refractivity contribution is 7.89. The van der Waals surface area contributed by atoms with Crippen LogP contribution in [0.3, 0.4) is 0 Å². The van der Waals surface area contributed by atoms with Gasteiger partial charge < -0.3 is 9.88 Å². The van der Waals surface area contributed by atoms with Gasteiger partial charge in [0.1, 0.15) is 5.82 Å². The predicted molar refractivity (Wildman–Crippen MR) is 107 cm³/mol. The summed E-state index contributed by atoms with van der Waals surface area (Å²) >= 11 is 0. The van der Waals surface area contributed by atoms with E-state index in [4.69, 9.17) is 0 Å². The number of nitrogens with zero attached hydrogens (tertiary/aromatic N) is 2. The first-order valence-electron chi connectivity index (χ1n) is 9.33. The van der Waals surface area contributed by atoms with Gasteiger partial charge in [0, 0.05) is 31.0 Å². The molecule has 0 spiro atoms. The third-order valence-electron chi connectivity index (χ3n) is 3.98. The van der Waals surface area contributed by atoms with Gasteiger partial charge in [-0.25, -0.2) is 18.1 Å². The fourth-order valence-corrected chi connectivity index (χ4v) is 4.32. The minimum atomic E-state index is -3.58. The minimum Gasteiger partial charge on any atom is -0.354 e. The molecule has 0 aliphatic heterocycles. The molecule has 2 N–H and O–H groups in total. The zero-order chi connectivity index (χ0) is 20.4. The summed E-state index contributed by atoms with van der Waals surface area (Å²) in [6.45, 7) is 11.5. The molecule has 150 valence electrons. The molecule has 0 saturated heterocycles. The Morgan fingerprint density at radius 1 is 1.11 bits per heavy atom. The van der Waals surface area contributed by atoms with E-state index < -0.39 is 10.0 Å². The number of fused-ring (bicyclic) bond motifs is 1. The number of sulfonamides is 1. The van der Waals surface area contributed by atoms with Crippen LogP contribution in [0.25, 0.3) is 11.0 Å². The predicted octanol–water partition coefficient (Wildman–Crippen LogP) is 2.76. The molecule has 0 saturated carbocycles. The number of imidazole rings is 1. The Morgan fingerprint density at radius 2 is 1.78 bits per heavy atom. The molecule has 0 bridgehead atoms. The number of rotatable bonds is 8. The average Bonchev–Trinajstić information content (AvgIpc) is 2.88. The maximum absolute atomic E-state index is 12.4. The van der Waals surface area contributed by atoms with Crippen LogP contribution in [0.15, 0.2) is 23.1 Å². The number of nitrogens with one attached hydrogen (secondary N) is 2. The summed E-state index contributed by atoms with van der Waals surface area (Å²) < 4.78 is 29.5. The maximum Gasteiger partial charge on any atom is 0.240 e. The van der Waals surface area contributed by atoms with Gasteiger partial charge in [-0.15, -0.1) is 0 Å². The molecule has 1 aromatic carbocycles. The molecule has 1 heterocycles. The number of amides is 1. The van der Waals surface area contributed by atoms with Crippen molar-refractivity contribution in [1.29, 1.82) is 0 Å². The molecule has 0 fully saturated rings. The molecule has 0 unspecified atom stereocenters. The Balaban J connectivity index is 2.38. The van der Waals surface area contributed by atoms with E-state index in [2.05, 4.69) is 19.6 Å². The molecule has 2 rings (SSSR count). The summed E-state index contributed by atoms with van der Waals surface area (Å²) in [7, 11) is -3.58. The molecule has 2 aromatic rings. The zero-order valence-electron chi connectivity index (χ0n) is 16.9. The lowest BCUT2D eigenvalue weighted by molar-refractivity contribution is -0.121. The monoisotopic (exact) mass is 394 g/mol. The Morgan fingerprint density at radius 3 is 2.33 bits per heavy atom. The van der Waals surface area contributed by atoms with Crippen molar-refractivity contribution in [2.45, 2.75) is 77.4 Å². The highest BCUT2D eigenvalue weighted by atomic mass is 32.2. The number of carbonyl (C=O) groups is 1. The Bertz CT molecular complexity index is 914. The number of hydrogen-bond donors (Lipinski definition) is 2. The second kappa shape index (κ2) is 8.39. The first-order chi connectivity index (χ1) is 12.5. The van der Waals surface area contributed by atoms with Crippen molar-refractivity contribution in [2.24, 2.45) is 0 Å². The number of aromatic nitrogens is 2. The van der Waals surface area contributed by atoms with Gasteiger partial charge in [0.25, 0.3) is 0 Å². The van der Waals surface area contributed by atoms with E-state index in [1.165, 1.54) is 0 Å². The second-order valence-corrected chi connectivity index (χ2v) is 9.35. The van der Waals surface area contributed by atoms with E-state index in [0.29, 0.717) is 18.4 Å². The van der Waals surface area contributed by atoms with Gasteiger partial charge in [-0.1, -0.05) is 0 Å². The quantitative estimate of drug-likeness (QED) is 0.720. The van der Waals surface area contributed by atoms with Crippen LogP contribution in [-0.4, -0.2) is 36.0 Å². The Kier molecular flexibility index (Phi) is 6.64. The van der Waals surface area contributed by atoms with Gasteiger partial charge >= 0.3 is 0 Å². The third-order valence-corrected chi connectivity index (χ3v) is 5.63. The van der Waals surface area contributed by atoms with Gasteiger partial charge in [0.15, 0.2) is 0 Å². The average molecular weight is 395 g/mol. The number of aryl methyl sites for hydroxylation is 1. The molecular formula is C19H30N4O3S. The molecule has 1 amide bonds. The Hall–Kier alpha value is -1.93. The van der Waals surface area contributed by atoms with E-state index >= 15 is 0 Å². The van der Waals surface area contributed by atoms with E-state index in [1.807, 2.05) is 27.7 Å². The summed E-state index contributed by atoms with van der Waals surface area (Å²) in [6, 6.07) is 5.04. The van der Waals surface area contributed by atoms with Gasteiger partial charge in [0.2, 0.25) is 15.9 Å². The molecule has 0 aliphatic rings. The van der Waals surface area contributed by atoms with E-state index in [1.54, 1.807) is 32.0 Å². The maximum atomic E-state index is 12.4. The summed E-state index contributed by atoms with van der Waals surface area (Å²) in [4.78, 5) is 16.8. The normalized spacial score (nSPS) is 12.5. The van der Waals surface area contributed by atoms with Crippen LogP contribution in [0.1, 0.15) is 59.8 Å². The van der Waals surface area contributed by atoms with Crippen LogP contribution < -0.4 is 10.0 Å². The molecule has 1 aromatic heterocycles. The van der Waals surface area contributed by atoms with Crippen LogP contribution in [0.4, 0.5) is 0 Å². The van der Waals surface area contributed by atoms with E-state index in [9.17, 15) is 13.2 Å². The van der Waals surface area contributed by atoms with Crippen molar-refractivity contribution in [3.63, 3.8) is 0 Å². The zero-order valence-corrected chi connectivity index (χ0v) is 17.7. The van der Waals surface area contributed by atoms with Crippen LogP contribution in [-0.2, 0) is 21.2 Å². The SMILES string of the molecule is CC(C)NC(=O)CCc1nc2cc(S(=O)(=O)NC(C)C)ccc2n1C(C)C. The minimum absolute atomic E-state index is 0.0169. The van der Waals surface area contributed by atoms with E-state index in [-0.39, 0.29) is 28.9 Å². The molecule has 0 aliphatic carbocycles. The number of carbonyl (C=O) groups excluding carboxylic acids is 1. The van der Waals surface area contributed by atoms with Crippen molar-refractivity contribution in [3.8, 4) is 0 Å². The highest BCUT2D eigenvalue weighted by Crippen LogP contribution is 2.24. The van der Waals surface area contributed by atoms with Gasteiger partial charge in [-0.05, 0) is 59.7 Å². The molecule has 27 heavy (non-hydrogen) atoms. The lowest BCUT2D eigenvalue weighted by atomic mass is 10.2. The lowest BCUT2D eigenvalue weighted by Crippen LogP contribution is -2.30. The smallest absolute Gasteiger partial charge is 0.240 e. The topological polar surface area (TPSA) is 93.1 Å². The molecule has 7 nitrogen and oxygen atoms in total. The molecular weight excluding hydrogens is 364 g/mol. The van der Waals surface area contributed by atoms with Gasteiger partial charge in [-0.3, -0.25) is 4.79 Å². The van der Waals surface area contributed by atoms with Crippen LogP contribution in [0.2, 0.25) is 0 Å². The van der Waals surface area contributed by atoms with Crippen molar-refractivity contribution in [3.05, 3.63) is 24.0 Å². The van der Waals surface area contributed by atoms with Crippen molar-refractivity contribution in [2.75, 3.05) is 0 Å². The second-order valence-electron chi connectivity index (χ2n) is 7.64. The summed E-state index contributed by atoms with van der Waals surface area (Å²) in [5.41, 5.74) is 1.49. The summed E-state index contributed by atoms with van der Waals surface area (Å²) in [5, 5.41) is 2.88. The summed E-state index contributed by atoms with van der Waals surface area (Å²) in [5.74, 6) is 0.766. The fraction of sp³-hybridized carbons (Fsp3) is 0.579.